The first-order chi connectivity index (χ1) is 17.7. The van der Waals surface area contributed by atoms with Crippen LogP contribution >= 0.6 is 0 Å². The van der Waals surface area contributed by atoms with Crippen LogP contribution in [0.1, 0.15) is 46.4 Å². The Kier molecular flexibility index (Phi) is 6.68. The summed E-state index contributed by atoms with van der Waals surface area (Å²) in [5, 5.41) is 3.01. The smallest absolute Gasteiger partial charge is 0.380 e. The number of amides is 1. The predicted molar refractivity (Wildman–Crippen MR) is 135 cm³/mol. The molecule has 0 saturated carbocycles. The number of rotatable bonds is 6. The number of carbonyl (C=O) groups excluding carboxylic acids is 1. The van der Waals surface area contributed by atoms with Crippen LogP contribution in [-0.4, -0.2) is 37.2 Å². The summed E-state index contributed by atoms with van der Waals surface area (Å²) in [7, 11) is 0. The van der Waals surface area contributed by atoms with Crippen molar-refractivity contribution in [2.45, 2.75) is 32.1 Å². The van der Waals surface area contributed by atoms with Gasteiger partial charge in [-0.15, -0.1) is 0 Å². The molecule has 2 fully saturated rings. The highest BCUT2D eigenvalue weighted by molar-refractivity contribution is 5.95. The normalized spacial score (nSPS) is 17.5. The van der Waals surface area contributed by atoms with Crippen LogP contribution in [0.4, 0.5) is 19.0 Å². The lowest BCUT2D eigenvalue weighted by Crippen LogP contribution is -2.44. The van der Waals surface area contributed by atoms with E-state index in [0.29, 0.717) is 22.3 Å². The van der Waals surface area contributed by atoms with Crippen LogP contribution in [0, 0.1) is 5.41 Å². The number of hydrogen-bond donors (Lipinski definition) is 2. The molecule has 1 atom stereocenters. The summed E-state index contributed by atoms with van der Waals surface area (Å²) < 4.78 is 45.1. The molecular formula is C28H29F3N4O2. The molecular weight excluding hydrogens is 481 g/mol. The maximum absolute atomic E-state index is 13.2. The van der Waals surface area contributed by atoms with Crippen molar-refractivity contribution in [3.05, 3.63) is 83.0 Å². The van der Waals surface area contributed by atoms with Gasteiger partial charge < -0.3 is 20.7 Å². The van der Waals surface area contributed by atoms with E-state index in [4.69, 9.17) is 10.5 Å². The summed E-state index contributed by atoms with van der Waals surface area (Å²) in [5.41, 5.74) is 8.34. The number of halogens is 3. The zero-order chi connectivity index (χ0) is 26.2. The van der Waals surface area contributed by atoms with E-state index >= 15 is 0 Å². The van der Waals surface area contributed by atoms with E-state index in [-0.39, 0.29) is 23.9 Å². The number of anilines is 1. The molecule has 0 unspecified atom stereocenters. The zero-order valence-corrected chi connectivity index (χ0v) is 20.5. The minimum atomic E-state index is -4.44. The van der Waals surface area contributed by atoms with Crippen molar-refractivity contribution < 1.29 is 22.7 Å². The highest BCUT2D eigenvalue weighted by Crippen LogP contribution is 2.39. The number of nitrogens with one attached hydrogen (secondary N) is 1. The monoisotopic (exact) mass is 510 g/mol. The summed E-state index contributed by atoms with van der Waals surface area (Å²) >= 11 is 0. The highest BCUT2D eigenvalue weighted by Gasteiger charge is 2.44. The summed E-state index contributed by atoms with van der Waals surface area (Å²) in [4.78, 5) is 19.7. The van der Waals surface area contributed by atoms with Crippen LogP contribution in [0.15, 0.2) is 60.8 Å². The second-order valence-corrected chi connectivity index (χ2v) is 9.96. The zero-order valence-electron chi connectivity index (χ0n) is 20.5. The lowest BCUT2D eigenvalue weighted by molar-refractivity contribution is -0.137. The third kappa shape index (κ3) is 5.19. The van der Waals surface area contributed by atoms with E-state index in [1.165, 1.54) is 6.07 Å². The summed E-state index contributed by atoms with van der Waals surface area (Å²) in [6, 6.07) is 13.9. The van der Waals surface area contributed by atoms with Crippen molar-refractivity contribution in [2.24, 2.45) is 11.1 Å². The summed E-state index contributed by atoms with van der Waals surface area (Å²) in [6.45, 7) is 5.32. The van der Waals surface area contributed by atoms with Crippen molar-refractivity contribution >= 4 is 11.7 Å². The molecule has 6 nitrogen and oxygen atoms in total. The maximum Gasteiger partial charge on any atom is 0.416 e. The molecule has 9 heteroatoms. The fraction of sp³-hybridized carbons (Fsp3) is 0.357. The first kappa shape index (κ1) is 25.2. The minimum Gasteiger partial charge on any atom is -0.380 e. The minimum absolute atomic E-state index is 0.127. The summed E-state index contributed by atoms with van der Waals surface area (Å²) in [6.07, 6.45) is -1.73. The molecule has 2 aliphatic rings. The van der Waals surface area contributed by atoms with Gasteiger partial charge in [0.1, 0.15) is 5.82 Å². The number of benzene rings is 2. The van der Waals surface area contributed by atoms with Crippen molar-refractivity contribution in [1.82, 2.24) is 10.3 Å². The van der Waals surface area contributed by atoms with Gasteiger partial charge in [-0.1, -0.05) is 30.3 Å². The van der Waals surface area contributed by atoms with Gasteiger partial charge in [-0.3, -0.25) is 4.79 Å². The molecule has 1 aromatic heterocycles. The van der Waals surface area contributed by atoms with Gasteiger partial charge in [0.05, 0.1) is 24.8 Å². The number of pyridine rings is 1. The van der Waals surface area contributed by atoms with E-state index in [2.05, 4.69) is 15.2 Å². The van der Waals surface area contributed by atoms with Gasteiger partial charge in [-0.05, 0) is 59.9 Å². The highest BCUT2D eigenvalue weighted by atomic mass is 19.4. The molecule has 5 rings (SSSR count). The average Bonchev–Trinajstić information content (AvgIpc) is 3.35. The Morgan fingerprint density at radius 2 is 1.92 bits per heavy atom. The van der Waals surface area contributed by atoms with Crippen LogP contribution in [0.3, 0.4) is 0 Å². The molecule has 3 heterocycles. The van der Waals surface area contributed by atoms with Gasteiger partial charge in [0.25, 0.3) is 5.91 Å². The maximum atomic E-state index is 13.2. The predicted octanol–water partition coefficient (Wildman–Crippen LogP) is 4.94. The van der Waals surface area contributed by atoms with Crippen molar-refractivity contribution in [2.75, 3.05) is 31.2 Å². The van der Waals surface area contributed by atoms with E-state index in [1.807, 2.05) is 25.1 Å². The standard InChI is InChI=1S/C28H29F3N4O2/c1-18(19-2-4-20(5-3-19)24-13-23(28(29,30)31)7-6-22(24)14-32)34-26(36)21-8-10-33-25(12-21)35-11-9-27(15-35)16-37-17-27/h2-8,10,12-13,18H,9,11,14-17,32H2,1H3,(H,34,36)/t18-/m1/s1. The Morgan fingerprint density at radius 1 is 1.16 bits per heavy atom. The number of aromatic nitrogens is 1. The van der Waals surface area contributed by atoms with E-state index in [9.17, 15) is 18.0 Å². The molecule has 1 spiro atoms. The first-order valence-corrected chi connectivity index (χ1v) is 12.3. The molecule has 0 bridgehead atoms. The largest absolute Gasteiger partial charge is 0.416 e. The number of ether oxygens (including phenoxy) is 1. The molecule has 0 aliphatic carbocycles. The Balaban J connectivity index is 1.28. The van der Waals surface area contributed by atoms with Gasteiger partial charge in [-0.2, -0.15) is 13.2 Å². The van der Waals surface area contributed by atoms with Crippen LogP contribution in [0.25, 0.3) is 11.1 Å². The van der Waals surface area contributed by atoms with E-state index in [1.54, 1.807) is 24.4 Å². The third-order valence-electron chi connectivity index (χ3n) is 7.31. The first-order valence-electron chi connectivity index (χ1n) is 12.3. The molecule has 2 aromatic carbocycles. The number of nitrogens with two attached hydrogens (primary N) is 1. The number of hydrogen-bond acceptors (Lipinski definition) is 5. The molecule has 0 radical (unpaired) electrons. The lowest BCUT2D eigenvalue weighted by Gasteiger charge is -2.37. The van der Waals surface area contributed by atoms with E-state index < -0.39 is 11.7 Å². The molecule has 2 saturated heterocycles. The van der Waals surface area contributed by atoms with Gasteiger partial charge >= 0.3 is 6.18 Å². The van der Waals surface area contributed by atoms with Crippen LogP contribution in [0.2, 0.25) is 0 Å². The Hall–Kier alpha value is -3.43. The quantitative estimate of drug-likeness (QED) is 0.491. The fourth-order valence-corrected chi connectivity index (χ4v) is 5.00. The van der Waals surface area contributed by atoms with E-state index in [0.717, 1.165) is 56.2 Å². The van der Waals surface area contributed by atoms with Gasteiger partial charge in [0.2, 0.25) is 0 Å². The lowest BCUT2D eigenvalue weighted by atomic mass is 9.85. The Morgan fingerprint density at radius 3 is 2.54 bits per heavy atom. The van der Waals surface area contributed by atoms with Crippen molar-refractivity contribution in [1.29, 1.82) is 0 Å². The molecule has 3 aromatic rings. The molecule has 1 amide bonds. The molecule has 3 N–H and O–H groups in total. The topological polar surface area (TPSA) is 80.5 Å². The molecule has 194 valence electrons. The van der Waals surface area contributed by atoms with Crippen molar-refractivity contribution in [3.8, 4) is 11.1 Å². The van der Waals surface area contributed by atoms with Gasteiger partial charge in [0.15, 0.2) is 0 Å². The second kappa shape index (κ2) is 9.79. The average molecular weight is 511 g/mol. The Labute approximate surface area is 213 Å². The summed E-state index contributed by atoms with van der Waals surface area (Å²) in [5.74, 6) is 0.564. The number of carbonyl (C=O) groups is 1. The molecule has 37 heavy (non-hydrogen) atoms. The van der Waals surface area contributed by atoms with Crippen LogP contribution < -0.4 is 16.0 Å². The van der Waals surface area contributed by atoms with Crippen molar-refractivity contribution in [3.63, 3.8) is 0 Å². The number of nitrogens with zero attached hydrogens (tertiary/aromatic N) is 2. The van der Waals surface area contributed by atoms with Crippen LogP contribution in [-0.2, 0) is 17.5 Å². The molecule has 2 aliphatic heterocycles. The number of alkyl halides is 3. The fourth-order valence-electron chi connectivity index (χ4n) is 5.00. The third-order valence-corrected chi connectivity index (χ3v) is 7.31. The van der Waals surface area contributed by atoms with Gasteiger partial charge in [-0.25, -0.2) is 4.98 Å². The second-order valence-electron chi connectivity index (χ2n) is 9.96. The van der Waals surface area contributed by atoms with Gasteiger partial charge in [0, 0.05) is 36.8 Å². The SMILES string of the molecule is C[C@@H](NC(=O)c1ccnc(N2CCC3(COC3)C2)c1)c1ccc(-c2cc(C(F)(F)F)ccc2CN)cc1. The Bertz CT molecular complexity index is 1290. The van der Waals surface area contributed by atoms with Crippen LogP contribution in [0.5, 0.6) is 0 Å².